The Kier molecular flexibility index (Phi) is 3.27. The Hall–Kier alpha value is -2.47. The van der Waals surface area contributed by atoms with E-state index in [9.17, 15) is 4.79 Å². The molecule has 0 bridgehead atoms. The average molecular weight is 309 g/mol. The summed E-state index contributed by atoms with van der Waals surface area (Å²) in [6.45, 7) is 6.23. The molecule has 1 aliphatic rings. The monoisotopic (exact) mass is 309 g/mol. The van der Waals surface area contributed by atoms with E-state index in [-0.39, 0.29) is 5.56 Å². The molecule has 0 aliphatic carbocycles. The van der Waals surface area contributed by atoms with Crippen LogP contribution in [-0.2, 0) is 19.5 Å². The molecule has 1 N–H and O–H groups in total. The molecule has 1 aromatic carbocycles. The van der Waals surface area contributed by atoms with Gasteiger partial charge < -0.3 is 0 Å². The molecular weight excluding hydrogens is 290 g/mol. The highest BCUT2D eigenvalue weighted by atomic mass is 16.1. The number of nitrogens with one attached hydrogen (secondary N) is 1. The maximum Gasteiger partial charge on any atom is 0.277 e. The second-order valence-electron chi connectivity index (χ2n) is 6.16. The van der Waals surface area contributed by atoms with Gasteiger partial charge >= 0.3 is 0 Å². The van der Waals surface area contributed by atoms with Crippen LogP contribution < -0.4 is 5.56 Å². The van der Waals surface area contributed by atoms with Crippen LogP contribution in [0.1, 0.15) is 28.2 Å². The van der Waals surface area contributed by atoms with Crippen molar-refractivity contribution in [2.45, 2.75) is 33.4 Å². The third-order valence-electron chi connectivity index (χ3n) is 4.59. The first-order valence-electron chi connectivity index (χ1n) is 7.86. The fourth-order valence-corrected chi connectivity index (χ4v) is 3.12. The van der Waals surface area contributed by atoms with Crippen LogP contribution in [0.25, 0.3) is 5.78 Å². The van der Waals surface area contributed by atoms with Crippen molar-refractivity contribution in [3.8, 4) is 0 Å². The standard InChI is InChI=1S/C17H19N5O/c1-11-12(2)18-17-19-15(20-22(17)16(11)23)10-21-8-7-13-5-3-4-6-14(13)9-21/h3-6H,7-10H2,1-2H3,(H,18,19,20). The van der Waals surface area contributed by atoms with Gasteiger partial charge in [0.2, 0.25) is 0 Å². The largest absolute Gasteiger partial charge is 0.291 e. The maximum atomic E-state index is 12.3. The lowest BCUT2D eigenvalue weighted by Crippen LogP contribution is -2.30. The minimum absolute atomic E-state index is 0.0739. The van der Waals surface area contributed by atoms with Gasteiger partial charge in [-0.3, -0.25) is 14.8 Å². The molecule has 6 heteroatoms. The van der Waals surface area contributed by atoms with Crippen LogP contribution in [0.3, 0.4) is 0 Å². The summed E-state index contributed by atoms with van der Waals surface area (Å²) in [6, 6.07) is 8.55. The van der Waals surface area contributed by atoms with Crippen LogP contribution in [0.4, 0.5) is 0 Å². The van der Waals surface area contributed by atoms with Crippen molar-refractivity contribution in [1.29, 1.82) is 0 Å². The van der Waals surface area contributed by atoms with Crippen LogP contribution >= 0.6 is 0 Å². The molecule has 0 radical (unpaired) electrons. The van der Waals surface area contributed by atoms with Crippen molar-refractivity contribution >= 4 is 5.78 Å². The maximum absolute atomic E-state index is 12.3. The zero-order valence-corrected chi connectivity index (χ0v) is 13.3. The molecule has 0 fully saturated rings. The number of aryl methyl sites for hydroxylation is 1. The Balaban J connectivity index is 1.62. The number of H-pyrrole nitrogens is 1. The van der Waals surface area contributed by atoms with Crippen LogP contribution in [0.15, 0.2) is 29.1 Å². The van der Waals surface area contributed by atoms with Crippen LogP contribution in [0.2, 0.25) is 0 Å². The van der Waals surface area contributed by atoms with Crippen molar-refractivity contribution in [3.05, 3.63) is 62.8 Å². The van der Waals surface area contributed by atoms with E-state index < -0.39 is 0 Å². The fraction of sp³-hybridized carbons (Fsp3) is 0.353. The lowest BCUT2D eigenvalue weighted by Gasteiger charge is -2.27. The molecule has 3 aromatic rings. The number of hydrogen-bond donors (Lipinski definition) is 1. The zero-order valence-electron chi connectivity index (χ0n) is 13.3. The Morgan fingerprint density at radius 3 is 2.78 bits per heavy atom. The molecule has 1 aliphatic heterocycles. The zero-order chi connectivity index (χ0) is 16.0. The fourth-order valence-electron chi connectivity index (χ4n) is 3.12. The number of rotatable bonds is 2. The molecular formula is C17H19N5O. The highest BCUT2D eigenvalue weighted by Gasteiger charge is 2.18. The van der Waals surface area contributed by atoms with Crippen LogP contribution in [0, 0.1) is 13.8 Å². The summed E-state index contributed by atoms with van der Waals surface area (Å²) in [7, 11) is 0. The van der Waals surface area contributed by atoms with E-state index in [1.54, 1.807) is 6.92 Å². The summed E-state index contributed by atoms with van der Waals surface area (Å²) in [5, 5.41) is 3.09. The lowest BCUT2D eigenvalue weighted by molar-refractivity contribution is 0.239. The van der Waals surface area contributed by atoms with E-state index in [4.69, 9.17) is 0 Å². The Morgan fingerprint density at radius 2 is 1.96 bits per heavy atom. The van der Waals surface area contributed by atoms with Gasteiger partial charge in [-0.1, -0.05) is 24.3 Å². The SMILES string of the molecule is Cc1nc2nc(CN3CCc4ccccc4C3)[nH]n2c(=O)c1C. The molecule has 0 spiro atoms. The molecule has 23 heavy (non-hydrogen) atoms. The number of nitrogens with zero attached hydrogens (tertiary/aromatic N) is 4. The van der Waals surface area contributed by atoms with Crippen LogP contribution in [0.5, 0.6) is 0 Å². The highest BCUT2D eigenvalue weighted by molar-refractivity contribution is 5.32. The molecule has 0 amide bonds. The first-order chi connectivity index (χ1) is 11.1. The highest BCUT2D eigenvalue weighted by Crippen LogP contribution is 2.19. The molecule has 118 valence electrons. The molecule has 0 atom stereocenters. The van der Waals surface area contributed by atoms with Gasteiger partial charge in [-0.25, -0.2) is 4.98 Å². The van der Waals surface area contributed by atoms with Gasteiger partial charge in [-0.15, -0.1) is 0 Å². The van der Waals surface area contributed by atoms with Crippen LogP contribution in [-0.4, -0.2) is 31.0 Å². The molecule has 0 saturated carbocycles. The smallest absolute Gasteiger partial charge is 0.277 e. The predicted molar refractivity (Wildman–Crippen MR) is 87.3 cm³/mol. The quantitative estimate of drug-likeness (QED) is 0.781. The summed E-state index contributed by atoms with van der Waals surface area (Å²) >= 11 is 0. The summed E-state index contributed by atoms with van der Waals surface area (Å²) in [5.74, 6) is 1.23. The third-order valence-corrected chi connectivity index (χ3v) is 4.59. The van der Waals surface area contributed by atoms with Gasteiger partial charge in [-0.05, 0) is 31.4 Å². The average Bonchev–Trinajstić information content (AvgIpc) is 2.95. The number of hydrogen-bond acceptors (Lipinski definition) is 4. The summed E-state index contributed by atoms with van der Waals surface area (Å²) in [4.78, 5) is 23.5. The van der Waals surface area contributed by atoms with Crippen molar-refractivity contribution < 1.29 is 0 Å². The van der Waals surface area contributed by atoms with Gasteiger partial charge in [0.05, 0.1) is 6.54 Å². The molecule has 2 aromatic heterocycles. The molecule has 3 heterocycles. The van der Waals surface area contributed by atoms with E-state index in [0.29, 0.717) is 17.9 Å². The molecule has 6 nitrogen and oxygen atoms in total. The van der Waals surface area contributed by atoms with E-state index in [1.165, 1.54) is 15.6 Å². The minimum atomic E-state index is -0.0739. The number of aromatic nitrogens is 4. The van der Waals surface area contributed by atoms with E-state index in [2.05, 4.69) is 44.2 Å². The Labute approximate surface area is 133 Å². The summed E-state index contributed by atoms with van der Waals surface area (Å²) in [5.41, 5.74) is 4.12. The van der Waals surface area contributed by atoms with Gasteiger partial charge in [0.1, 0.15) is 5.82 Å². The van der Waals surface area contributed by atoms with Gasteiger partial charge in [0, 0.05) is 24.3 Å². The van der Waals surface area contributed by atoms with Gasteiger partial charge in [0.25, 0.3) is 11.3 Å². The Bertz CT molecular complexity index is 940. The third kappa shape index (κ3) is 2.45. The molecule has 0 unspecified atom stereocenters. The molecule has 4 rings (SSSR count). The van der Waals surface area contributed by atoms with Crippen molar-refractivity contribution in [3.63, 3.8) is 0 Å². The normalized spacial score (nSPS) is 15.0. The second-order valence-corrected chi connectivity index (χ2v) is 6.16. The van der Waals surface area contributed by atoms with E-state index >= 15 is 0 Å². The molecule has 0 saturated heterocycles. The summed E-state index contributed by atoms with van der Waals surface area (Å²) in [6.07, 6.45) is 1.05. The van der Waals surface area contributed by atoms with Gasteiger partial charge in [-0.2, -0.15) is 9.50 Å². The van der Waals surface area contributed by atoms with Crippen molar-refractivity contribution in [1.82, 2.24) is 24.5 Å². The Morgan fingerprint density at radius 1 is 1.17 bits per heavy atom. The van der Waals surface area contributed by atoms with E-state index in [1.807, 2.05) is 6.92 Å². The lowest BCUT2D eigenvalue weighted by atomic mass is 10.00. The topological polar surface area (TPSA) is 66.3 Å². The van der Waals surface area contributed by atoms with Crippen molar-refractivity contribution in [2.24, 2.45) is 0 Å². The second kappa shape index (κ2) is 5.31. The van der Waals surface area contributed by atoms with Crippen molar-refractivity contribution in [2.75, 3.05) is 6.54 Å². The minimum Gasteiger partial charge on any atom is -0.291 e. The van der Waals surface area contributed by atoms with E-state index in [0.717, 1.165) is 31.0 Å². The first kappa shape index (κ1) is 14.1. The number of fused-ring (bicyclic) bond motifs is 2. The number of aromatic amines is 1. The van der Waals surface area contributed by atoms with Gasteiger partial charge in [0.15, 0.2) is 0 Å². The summed E-state index contributed by atoms with van der Waals surface area (Å²) < 4.78 is 1.44. The first-order valence-corrected chi connectivity index (χ1v) is 7.86. The predicted octanol–water partition coefficient (Wildman–Crippen LogP) is 1.59. The number of benzene rings is 1.